The number of hydrogen-bond donors (Lipinski definition) is 3. The number of nitrogens with zero attached hydrogens (tertiary/aromatic N) is 2. The molecule has 2 heterocycles. The van der Waals surface area contributed by atoms with E-state index in [1.807, 2.05) is 13.8 Å². The van der Waals surface area contributed by atoms with Gasteiger partial charge >= 0.3 is 0 Å². The maximum Gasteiger partial charge on any atom is 0.257 e. The van der Waals surface area contributed by atoms with Crippen LogP contribution >= 0.6 is 11.6 Å². The topological polar surface area (TPSA) is 102 Å². The maximum absolute atomic E-state index is 13.7. The third-order valence-corrected chi connectivity index (χ3v) is 6.91. The molecule has 190 valence electrons. The van der Waals surface area contributed by atoms with Gasteiger partial charge in [-0.2, -0.15) is 0 Å². The Morgan fingerprint density at radius 1 is 1.00 bits per heavy atom. The number of rotatable bonds is 5. The van der Waals surface area contributed by atoms with Crippen molar-refractivity contribution in [1.82, 2.24) is 9.80 Å². The molecule has 1 amide bonds. The van der Waals surface area contributed by atoms with Crippen LogP contribution in [-0.2, 0) is 0 Å². The first-order valence-corrected chi connectivity index (χ1v) is 12.4. The third-order valence-electron chi connectivity index (χ3n) is 6.52. The molecule has 1 unspecified atom stereocenters. The number of halogens is 2. The Kier molecular flexibility index (Phi) is 7.61. The lowest BCUT2D eigenvalue weighted by Crippen LogP contribution is -2.52. The molecule has 3 aromatic rings. The van der Waals surface area contributed by atoms with E-state index in [9.17, 15) is 23.9 Å². The fourth-order valence-electron chi connectivity index (χ4n) is 4.66. The molecule has 0 aliphatic carbocycles. The van der Waals surface area contributed by atoms with Crippen LogP contribution in [0, 0.1) is 5.82 Å². The van der Waals surface area contributed by atoms with Crippen molar-refractivity contribution in [2.45, 2.75) is 32.7 Å². The first kappa shape index (κ1) is 25.7. The maximum atomic E-state index is 13.7. The third kappa shape index (κ3) is 4.68. The van der Waals surface area contributed by atoms with E-state index in [0.29, 0.717) is 19.1 Å². The van der Waals surface area contributed by atoms with E-state index < -0.39 is 16.7 Å². The minimum atomic E-state index is -0.802. The summed E-state index contributed by atoms with van der Waals surface area (Å²) in [6.45, 7) is 7.04. The van der Waals surface area contributed by atoms with Crippen LogP contribution < -0.4 is 21.5 Å². The van der Waals surface area contributed by atoms with Crippen molar-refractivity contribution >= 4 is 40.3 Å². The zero-order valence-electron chi connectivity index (χ0n) is 20.1. The van der Waals surface area contributed by atoms with Crippen molar-refractivity contribution in [3.8, 4) is 5.75 Å². The van der Waals surface area contributed by atoms with Crippen LogP contribution in [-0.4, -0.2) is 53.0 Å². The second-order valence-corrected chi connectivity index (χ2v) is 8.92. The number of hydrogen-bond acceptors (Lipinski definition) is 7. The fourth-order valence-corrected chi connectivity index (χ4v) is 4.84. The van der Waals surface area contributed by atoms with E-state index in [1.165, 1.54) is 30.3 Å². The van der Waals surface area contributed by atoms with Gasteiger partial charge in [0.15, 0.2) is 5.75 Å². The fraction of sp³-hybridized carbons (Fsp3) is 0.346. The van der Waals surface area contributed by atoms with Crippen LogP contribution in [0.25, 0.3) is 0 Å². The average molecular weight is 515 g/mol. The van der Waals surface area contributed by atoms with Crippen LogP contribution in [0.4, 0.5) is 27.1 Å². The van der Waals surface area contributed by atoms with Gasteiger partial charge in [0.05, 0.1) is 22.0 Å². The molecule has 3 aromatic carbocycles. The smallest absolute Gasteiger partial charge is 0.257 e. The second kappa shape index (κ2) is 10.7. The van der Waals surface area contributed by atoms with Gasteiger partial charge in [0.25, 0.3) is 16.8 Å². The summed E-state index contributed by atoms with van der Waals surface area (Å²) in [4.78, 5) is 41.6. The minimum Gasteiger partial charge on any atom is -0.505 e. The first-order valence-electron chi connectivity index (χ1n) is 12.0. The molecule has 5 rings (SSSR count). The number of phenols is 1. The van der Waals surface area contributed by atoms with Gasteiger partial charge in [0.2, 0.25) is 0 Å². The van der Waals surface area contributed by atoms with Crippen LogP contribution in [0.15, 0.2) is 46.0 Å². The quantitative estimate of drug-likeness (QED) is 0.346. The molecule has 0 radical (unpaired) electrons. The predicted molar refractivity (Wildman–Crippen MR) is 139 cm³/mol. The number of para-hydroxylation sites is 1. The van der Waals surface area contributed by atoms with Gasteiger partial charge in [-0.05, 0) is 43.7 Å². The van der Waals surface area contributed by atoms with Crippen molar-refractivity contribution in [1.29, 1.82) is 0 Å². The summed E-state index contributed by atoms with van der Waals surface area (Å²) < 4.78 is 13.7. The van der Waals surface area contributed by atoms with Gasteiger partial charge in [-0.3, -0.25) is 19.3 Å². The summed E-state index contributed by atoms with van der Waals surface area (Å²) in [7, 11) is 0. The Bertz CT molecular complexity index is 1350. The van der Waals surface area contributed by atoms with E-state index >= 15 is 0 Å². The molecule has 2 saturated heterocycles. The zero-order chi connectivity index (χ0) is 26.0. The molecule has 1 atom stereocenters. The summed E-state index contributed by atoms with van der Waals surface area (Å²) >= 11 is 5.94. The number of aromatic hydroxyl groups is 1. The molecule has 2 aliphatic rings. The van der Waals surface area contributed by atoms with E-state index in [2.05, 4.69) is 15.5 Å². The summed E-state index contributed by atoms with van der Waals surface area (Å²) in [5, 5.41) is 16.0. The number of carbonyl (C=O) groups is 1. The van der Waals surface area contributed by atoms with E-state index in [4.69, 9.17) is 11.6 Å². The standard InChI is InChI=1S/C24H22ClFN4O4.C2H6/c25-18-15(26)6-2-7-16(18)27-19-20(23(33)22(19)32)28-17-8-1-5-14(21(17)31)24(34)30-11-10-29-9-3-4-13(29)12-30;1-2/h1-2,5-8,13,27-28,31H,3-4,9-12H2;1-2H3. The largest absolute Gasteiger partial charge is 0.505 e. The summed E-state index contributed by atoms with van der Waals surface area (Å²) in [6, 6.07) is 8.99. The van der Waals surface area contributed by atoms with Gasteiger partial charge in [0.1, 0.15) is 17.2 Å². The normalized spacial score (nSPS) is 17.3. The molecule has 8 nitrogen and oxygen atoms in total. The molecule has 0 bridgehead atoms. The first-order chi connectivity index (χ1) is 17.3. The summed E-state index contributed by atoms with van der Waals surface area (Å²) in [5.41, 5.74) is -1.48. The Hall–Kier alpha value is -3.43. The van der Waals surface area contributed by atoms with Crippen molar-refractivity contribution in [2.75, 3.05) is 36.8 Å². The van der Waals surface area contributed by atoms with Gasteiger partial charge in [0, 0.05) is 25.7 Å². The predicted octanol–water partition coefficient (Wildman–Crippen LogP) is 4.21. The van der Waals surface area contributed by atoms with Crippen molar-refractivity contribution in [2.24, 2.45) is 0 Å². The van der Waals surface area contributed by atoms with Crippen molar-refractivity contribution in [3.05, 3.63) is 73.2 Å². The number of carbonyl (C=O) groups excluding carboxylic acids is 1. The Morgan fingerprint density at radius 3 is 2.36 bits per heavy atom. The highest BCUT2D eigenvalue weighted by molar-refractivity contribution is 6.33. The lowest BCUT2D eigenvalue weighted by Gasteiger charge is -2.37. The zero-order valence-corrected chi connectivity index (χ0v) is 20.9. The number of benzene rings is 2. The Labute approximate surface area is 213 Å². The molecule has 10 heteroatoms. The molecule has 3 N–H and O–H groups in total. The SMILES string of the molecule is CC.O=C(c1cccc(Nc2c(Nc3cccc(F)c3Cl)c(=O)c2=O)c1O)N1CCN2CCCC2C1. The lowest BCUT2D eigenvalue weighted by atomic mass is 10.1. The monoisotopic (exact) mass is 514 g/mol. The number of nitrogens with one attached hydrogen (secondary N) is 2. The number of phenolic OH excluding ortho intramolecular Hbond substituents is 1. The molecular formula is C26H28ClFN4O4. The molecule has 2 aliphatic heterocycles. The second-order valence-electron chi connectivity index (χ2n) is 8.54. The van der Waals surface area contributed by atoms with E-state index in [0.717, 1.165) is 25.9 Å². The number of amides is 1. The average Bonchev–Trinajstić information content (AvgIpc) is 3.38. The van der Waals surface area contributed by atoms with Crippen LogP contribution in [0.2, 0.25) is 5.02 Å². The van der Waals surface area contributed by atoms with Crippen LogP contribution in [0.3, 0.4) is 0 Å². The van der Waals surface area contributed by atoms with Gasteiger partial charge in [-0.1, -0.05) is 37.6 Å². The van der Waals surface area contributed by atoms with Gasteiger partial charge in [-0.25, -0.2) is 4.39 Å². The van der Waals surface area contributed by atoms with Crippen molar-refractivity contribution < 1.29 is 14.3 Å². The van der Waals surface area contributed by atoms with Gasteiger partial charge < -0.3 is 20.6 Å². The Balaban J connectivity index is 0.00000148. The number of fused-ring (bicyclic) bond motifs is 1. The highest BCUT2D eigenvalue weighted by atomic mass is 35.5. The van der Waals surface area contributed by atoms with Crippen molar-refractivity contribution in [3.63, 3.8) is 0 Å². The molecule has 2 fully saturated rings. The molecule has 0 saturated carbocycles. The highest BCUT2D eigenvalue weighted by Gasteiger charge is 2.34. The number of piperazine rings is 1. The summed E-state index contributed by atoms with van der Waals surface area (Å²) in [5.74, 6) is -1.28. The lowest BCUT2D eigenvalue weighted by molar-refractivity contribution is 0.0568. The molecule has 0 spiro atoms. The molecule has 36 heavy (non-hydrogen) atoms. The van der Waals surface area contributed by atoms with Crippen LogP contribution in [0.1, 0.15) is 37.0 Å². The van der Waals surface area contributed by atoms with Gasteiger partial charge in [-0.15, -0.1) is 0 Å². The summed E-state index contributed by atoms with van der Waals surface area (Å²) in [6.07, 6.45) is 2.17. The van der Waals surface area contributed by atoms with E-state index in [-0.39, 0.29) is 45.0 Å². The van der Waals surface area contributed by atoms with Crippen LogP contribution in [0.5, 0.6) is 5.75 Å². The highest BCUT2D eigenvalue weighted by Crippen LogP contribution is 2.35. The minimum absolute atomic E-state index is 0.103. The number of anilines is 4. The molecule has 0 aromatic heterocycles. The molecular weight excluding hydrogens is 487 g/mol. The van der Waals surface area contributed by atoms with E-state index in [1.54, 1.807) is 11.0 Å². The Morgan fingerprint density at radius 2 is 1.64 bits per heavy atom.